The number of thiophene rings is 1. The molecule has 6 nitrogen and oxygen atoms in total. The Bertz CT molecular complexity index is 1400. The number of rotatable bonds is 5. The Hall–Kier alpha value is -2.97. The van der Waals surface area contributed by atoms with Crippen LogP contribution in [0.2, 0.25) is 0 Å². The number of hydrogen-bond acceptors (Lipinski definition) is 4. The number of fused-ring (bicyclic) bond motifs is 1. The van der Waals surface area contributed by atoms with Crippen LogP contribution in [-0.4, -0.2) is 15.0 Å². The predicted octanol–water partition coefficient (Wildman–Crippen LogP) is 3.91. The quantitative estimate of drug-likeness (QED) is 0.454. The van der Waals surface area contributed by atoms with Gasteiger partial charge in [-0.3, -0.25) is 14.2 Å². The molecular formula is C23H20BrN3O3S. The monoisotopic (exact) mass is 497 g/mol. The Morgan fingerprint density at radius 3 is 2.48 bits per heavy atom. The number of halogens is 1. The molecule has 4 aromatic rings. The lowest BCUT2D eigenvalue weighted by Gasteiger charge is -2.13. The number of nitrogens with zero attached hydrogens (tertiary/aromatic N) is 2. The van der Waals surface area contributed by atoms with E-state index in [0.29, 0.717) is 22.4 Å². The number of carbonyl (C=O) groups is 1. The van der Waals surface area contributed by atoms with E-state index >= 15 is 0 Å². The topological polar surface area (TPSA) is 73.1 Å². The maximum atomic E-state index is 13.3. The molecule has 0 aliphatic carbocycles. The average Bonchev–Trinajstić information content (AvgIpc) is 3.20. The largest absolute Gasteiger partial charge is 0.350 e. The van der Waals surface area contributed by atoms with Crippen molar-refractivity contribution in [1.82, 2.24) is 14.5 Å². The van der Waals surface area contributed by atoms with Gasteiger partial charge in [-0.2, -0.15) is 0 Å². The second-order valence-electron chi connectivity index (χ2n) is 7.36. The van der Waals surface area contributed by atoms with Gasteiger partial charge in [0.2, 0.25) is 5.91 Å². The maximum absolute atomic E-state index is 13.3. The summed E-state index contributed by atoms with van der Waals surface area (Å²) in [5.41, 5.74) is 2.91. The molecule has 0 atom stereocenters. The van der Waals surface area contributed by atoms with Gasteiger partial charge in [0, 0.05) is 11.0 Å². The van der Waals surface area contributed by atoms with Crippen molar-refractivity contribution in [3.63, 3.8) is 0 Å². The molecule has 1 amide bonds. The molecule has 0 spiro atoms. The zero-order chi connectivity index (χ0) is 22.1. The summed E-state index contributed by atoms with van der Waals surface area (Å²) in [6.07, 6.45) is 0. The smallest absolute Gasteiger partial charge is 0.336 e. The van der Waals surface area contributed by atoms with Gasteiger partial charge in [0.05, 0.1) is 11.2 Å². The van der Waals surface area contributed by atoms with E-state index in [1.165, 1.54) is 15.9 Å². The van der Waals surface area contributed by atoms with Crippen molar-refractivity contribution < 1.29 is 4.79 Å². The highest BCUT2D eigenvalue weighted by atomic mass is 79.9. The summed E-state index contributed by atoms with van der Waals surface area (Å²) in [6, 6.07) is 14.9. The Morgan fingerprint density at radius 2 is 1.77 bits per heavy atom. The van der Waals surface area contributed by atoms with Crippen LogP contribution >= 0.6 is 27.3 Å². The first-order valence-electron chi connectivity index (χ1n) is 9.67. The van der Waals surface area contributed by atoms with Crippen molar-refractivity contribution in [3.05, 3.63) is 95.9 Å². The number of aryl methyl sites for hydroxylation is 2. The zero-order valence-corrected chi connectivity index (χ0v) is 19.4. The van der Waals surface area contributed by atoms with E-state index < -0.39 is 5.69 Å². The predicted molar refractivity (Wildman–Crippen MR) is 127 cm³/mol. The highest BCUT2D eigenvalue weighted by Crippen LogP contribution is 2.18. The molecule has 1 N–H and O–H groups in total. The molecule has 0 aliphatic heterocycles. The number of aromatic nitrogens is 2. The van der Waals surface area contributed by atoms with E-state index in [-0.39, 0.29) is 18.0 Å². The van der Waals surface area contributed by atoms with Gasteiger partial charge < -0.3 is 5.32 Å². The molecular weight excluding hydrogens is 478 g/mol. The van der Waals surface area contributed by atoms with Crippen molar-refractivity contribution >= 4 is 43.4 Å². The summed E-state index contributed by atoms with van der Waals surface area (Å²) in [5, 5.41) is 4.61. The lowest BCUT2D eigenvalue weighted by molar-refractivity contribution is -0.121. The molecule has 2 heterocycles. The van der Waals surface area contributed by atoms with Crippen LogP contribution in [0.4, 0.5) is 0 Å². The zero-order valence-electron chi connectivity index (χ0n) is 17.0. The minimum absolute atomic E-state index is 0.179. The van der Waals surface area contributed by atoms with E-state index in [2.05, 4.69) is 21.2 Å². The van der Waals surface area contributed by atoms with Gasteiger partial charge in [-0.05, 0) is 60.2 Å². The number of hydrogen-bond donors (Lipinski definition) is 1. The fourth-order valence-electron chi connectivity index (χ4n) is 3.58. The lowest BCUT2D eigenvalue weighted by atomic mass is 10.1. The summed E-state index contributed by atoms with van der Waals surface area (Å²) < 4.78 is 3.86. The fraction of sp³-hybridized carbons (Fsp3) is 0.174. The van der Waals surface area contributed by atoms with Crippen molar-refractivity contribution in [2.24, 2.45) is 0 Å². The van der Waals surface area contributed by atoms with Gasteiger partial charge in [0.15, 0.2) is 0 Å². The van der Waals surface area contributed by atoms with E-state index in [1.54, 1.807) is 23.6 Å². The molecule has 0 unspecified atom stereocenters. The molecule has 0 saturated heterocycles. The molecule has 2 aromatic carbocycles. The standard InChI is InChI=1S/C23H20BrN3O3S/c1-14-9-15(2)11-17(10-14)27-22(29)21-19(7-8-31-21)26(23(27)30)13-20(28)25-12-16-5-3-4-6-18(16)24/h3-11H,12-13H2,1-2H3,(H,25,28). The Kier molecular flexibility index (Phi) is 5.93. The van der Waals surface area contributed by atoms with E-state index in [1.807, 2.05) is 44.2 Å². The van der Waals surface area contributed by atoms with Crippen molar-refractivity contribution in [1.29, 1.82) is 0 Å². The second-order valence-corrected chi connectivity index (χ2v) is 9.13. The van der Waals surface area contributed by atoms with Crippen LogP contribution in [0.25, 0.3) is 15.9 Å². The molecule has 0 saturated carbocycles. The first-order chi connectivity index (χ1) is 14.8. The highest BCUT2D eigenvalue weighted by molar-refractivity contribution is 9.10. The first kappa shape index (κ1) is 21.3. The molecule has 4 rings (SSSR count). The second kappa shape index (κ2) is 8.64. The van der Waals surface area contributed by atoms with Gasteiger partial charge in [-0.25, -0.2) is 9.36 Å². The molecule has 0 radical (unpaired) electrons. The maximum Gasteiger partial charge on any atom is 0.336 e. The lowest BCUT2D eigenvalue weighted by Crippen LogP contribution is -2.41. The van der Waals surface area contributed by atoms with Crippen molar-refractivity contribution in [3.8, 4) is 5.69 Å². The number of nitrogens with one attached hydrogen (secondary N) is 1. The van der Waals surface area contributed by atoms with Gasteiger partial charge in [-0.1, -0.05) is 40.2 Å². The molecule has 8 heteroatoms. The number of amides is 1. The third-order valence-corrected chi connectivity index (χ3v) is 6.62. The fourth-order valence-corrected chi connectivity index (χ4v) is 4.83. The first-order valence-corrected chi connectivity index (χ1v) is 11.3. The van der Waals surface area contributed by atoms with Crippen molar-refractivity contribution in [2.45, 2.75) is 26.9 Å². The Balaban J connectivity index is 1.73. The third kappa shape index (κ3) is 4.26. The van der Waals surface area contributed by atoms with Gasteiger partial charge in [0.25, 0.3) is 5.56 Å². The number of carbonyl (C=O) groups excluding carboxylic acids is 1. The summed E-state index contributed by atoms with van der Waals surface area (Å²) in [4.78, 5) is 39.1. The summed E-state index contributed by atoms with van der Waals surface area (Å²) >= 11 is 4.73. The van der Waals surface area contributed by atoms with E-state index in [0.717, 1.165) is 25.7 Å². The van der Waals surface area contributed by atoms with Gasteiger partial charge in [-0.15, -0.1) is 11.3 Å². The van der Waals surface area contributed by atoms with E-state index in [4.69, 9.17) is 0 Å². The van der Waals surface area contributed by atoms with Gasteiger partial charge >= 0.3 is 5.69 Å². The molecule has 2 aromatic heterocycles. The SMILES string of the molecule is Cc1cc(C)cc(-n2c(=O)c3sccc3n(CC(=O)NCc3ccccc3Br)c2=O)c1. The summed E-state index contributed by atoms with van der Waals surface area (Å²) in [7, 11) is 0. The molecule has 0 bridgehead atoms. The summed E-state index contributed by atoms with van der Waals surface area (Å²) in [6.45, 7) is 3.98. The van der Waals surface area contributed by atoms with Crippen LogP contribution in [0.15, 0.2) is 68.0 Å². The minimum atomic E-state index is -0.531. The number of benzene rings is 2. The van der Waals surface area contributed by atoms with Gasteiger partial charge in [0.1, 0.15) is 11.2 Å². The van der Waals surface area contributed by atoms with Crippen LogP contribution in [0.1, 0.15) is 16.7 Å². The van der Waals surface area contributed by atoms with Crippen molar-refractivity contribution in [2.75, 3.05) is 0 Å². The third-order valence-electron chi connectivity index (χ3n) is 4.95. The van der Waals surface area contributed by atoms with Crippen LogP contribution in [0.5, 0.6) is 0 Å². The van der Waals surface area contributed by atoms with Crippen LogP contribution < -0.4 is 16.6 Å². The van der Waals surface area contributed by atoms with Crippen LogP contribution in [0, 0.1) is 13.8 Å². The average molecular weight is 498 g/mol. The summed E-state index contributed by atoms with van der Waals surface area (Å²) in [5.74, 6) is -0.309. The Labute approximate surface area is 190 Å². The molecule has 0 fully saturated rings. The van der Waals surface area contributed by atoms with Crippen LogP contribution in [0.3, 0.4) is 0 Å². The minimum Gasteiger partial charge on any atom is -0.350 e. The molecule has 0 aliphatic rings. The highest BCUT2D eigenvalue weighted by Gasteiger charge is 2.18. The van der Waals surface area contributed by atoms with Crippen LogP contribution in [-0.2, 0) is 17.9 Å². The van der Waals surface area contributed by atoms with E-state index in [9.17, 15) is 14.4 Å². The Morgan fingerprint density at radius 1 is 1.06 bits per heavy atom. The molecule has 31 heavy (non-hydrogen) atoms. The molecule has 158 valence electrons. The normalized spacial score (nSPS) is 11.1.